The summed E-state index contributed by atoms with van der Waals surface area (Å²) in [5, 5.41) is 23.1. The van der Waals surface area contributed by atoms with Crippen molar-refractivity contribution in [2.24, 2.45) is 0 Å². The smallest absolute Gasteiger partial charge is 0.166 e. The molecular formula is C30H44N6O2. The number of β-amino-alcohol motifs (C(OH)–C–C–N with tert-alkyl or cyclic N) is 1. The Kier molecular flexibility index (Phi) is 6.97. The molecule has 1 unspecified atom stereocenters. The first kappa shape index (κ1) is 26.1. The van der Waals surface area contributed by atoms with Crippen molar-refractivity contribution in [2.45, 2.75) is 86.9 Å². The van der Waals surface area contributed by atoms with E-state index in [-0.39, 0.29) is 11.1 Å². The molecular weight excluding hydrogens is 476 g/mol. The molecule has 2 aliphatic carbocycles. The van der Waals surface area contributed by atoms with Gasteiger partial charge >= 0.3 is 0 Å². The van der Waals surface area contributed by atoms with Crippen molar-refractivity contribution in [1.82, 2.24) is 24.7 Å². The Hall–Kier alpha value is -2.10. The SMILES string of the molecule is CN(C)C1(c2ccccc2)CCC2(CC1)CN(C1CCN(c3cncnc3)CC1)C(O)N2CC1(O)CCC1. The van der Waals surface area contributed by atoms with Crippen LogP contribution in [-0.4, -0.2) is 98.7 Å². The highest BCUT2D eigenvalue weighted by Crippen LogP contribution is 2.51. The van der Waals surface area contributed by atoms with Gasteiger partial charge in [-0.1, -0.05) is 30.3 Å². The molecule has 1 atom stereocenters. The highest BCUT2D eigenvalue weighted by Gasteiger charge is 2.57. The lowest BCUT2D eigenvalue weighted by atomic mass is 9.67. The van der Waals surface area contributed by atoms with Crippen LogP contribution in [0.5, 0.6) is 0 Å². The first-order chi connectivity index (χ1) is 18.3. The average molecular weight is 521 g/mol. The lowest BCUT2D eigenvalue weighted by Crippen LogP contribution is -2.60. The number of piperidine rings is 1. The second-order valence-electron chi connectivity index (χ2n) is 12.6. The number of aliphatic hydroxyl groups excluding tert-OH is 1. The highest BCUT2D eigenvalue weighted by atomic mass is 16.3. The minimum atomic E-state index is -0.657. The molecule has 4 aliphatic rings. The maximum atomic E-state index is 11.8. The van der Waals surface area contributed by atoms with Crippen molar-refractivity contribution in [1.29, 1.82) is 0 Å². The van der Waals surface area contributed by atoms with Gasteiger partial charge in [-0.3, -0.25) is 14.7 Å². The fourth-order valence-electron chi connectivity index (χ4n) is 7.79. The van der Waals surface area contributed by atoms with Crippen molar-refractivity contribution in [2.75, 3.05) is 45.2 Å². The van der Waals surface area contributed by atoms with Gasteiger partial charge in [-0.15, -0.1) is 0 Å². The third-order valence-electron chi connectivity index (χ3n) is 10.4. The van der Waals surface area contributed by atoms with Crippen molar-refractivity contribution < 1.29 is 10.2 Å². The molecule has 2 saturated carbocycles. The Morgan fingerprint density at radius 3 is 2.18 bits per heavy atom. The monoisotopic (exact) mass is 520 g/mol. The molecule has 1 aromatic heterocycles. The summed E-state index contributed by atoms with van der Waals surface area (Å²) < 4.78 is 0. The molecule has 8 heteroatoms. The van der Waals surface area contributed by atoms with Crippen molar-refractivity contribution in [3.05, 3.63) is 54.6 Å². The quantitative estimate of drug-likeness (QED) is 0.602. The van der Waals surface area contributed by atoms with E-state index >= 15 is 0 Å². The van der Waals surface area contributed by atoms with Crippen LogP contribution in [0.25, 0.3) is 0 Å². The van der Waals surface area contributed by atoms with Crippen LogP contribution in [-0.2, 0) is 5.54 Å². The lowest BCUT2D eigenvalue weighted by molar-refractivity contribution is -0.149. The highest BCUT2D eigenvalue weighted by molar-refractivity contribution is 5.42. The van der Waals surface area contributed by atoms with E-state index in [1.807, 2.05) is 12.4 Å². The summed E-state index contributed by atoms with van der Waals surface area (Å²) in [5.41, 5.74) is 1.70. The summed E-state index contributed by atoms with van der Waals surface area (Å²) >= 11 is 0. The average Bonchev–Trinajstić information content (AvgIpc) is 3.20. The van der Waals surface area contributed by atoms with Crippen LogP contribution in [0, 0.1) is 0 Å². The van der Waals surface area contributed by atoms with E-state index in [1.54, 1.807) is 6.33 Å². The molecule has 1 spiro atoms. The first-order valence-corrected chi connectivity index (χ1v) is 14.5. The number of benzene rings is 1. The molecule has 0 amide bonds. The fourth-order valence-corrected chi connectivity index (χ4v) is 7.79. The van der Waals surface area contributed by atoms with E-state index in [2.05, 4.69) is 74.0 Å². The van der Waals surface area contributed by atoms with E-state index in [0.29, 0.717) is 12.6 Å². The summed E-state index contributed by atoms with van der Waals surface area (Å²) in [6, 6.07) is 11.3. The standard InChI is InChI=1S/C30H44N6O2/c1-33(2)30(24-7-4-3-5-8-24)15-13-28(14-16-30)21-35(27(37)36(28)22-29(38)11-6-12-29)25-9-17-34(18-10-25)26-19-31-23-32-20-26/h3-5,7-8,19-20,23,25,27,37-38H,6,9-18,21-22H2,1-2H3. The maximum absolute atomic E-state index is 11.8. The molecule has 2 saturated heterocycles. The normalized spacial score (nSPS) is 32.7. The van der Waals surface area contributed by atoms with Gasteiger partial charge in [-0.05, 0) is 77.4 Å². The van der Waals surface area contributed by atoms with Gasteiger partial charge in [-0.25, -0.2) is 9.97 Å². The van der Waals surface area contributed by atoms with E-state index in [9.17, 15) is 10.2 Å². The van der Waals surface area contributed by atoms with Crippen LogP contribution in [0.1, 0.15) is 63.4 Å². The molecule has 8 nitrogen and oxygen atoms in total. The van der Waals surface area contributed by atoms with Gasteiger partial charge in [0.05, 0.1) is 23.7 Å². The van der Waals surface area contributed by atoms with Crippen LogP contribution in [0.3, 0.4) is 0 Å². The van der Waals surface area contributed by atoms with Crippen molar-refractivity contribution >= 4 is 5.69 Å². The van der Waals surface area contributed by atoms with Crippen LogP contribution < -0.4 is 4.90 Å². The molecule has 3 heterocycles. The lowest BCUT2D eigenvalue weighted by Gasteiger charge is -2.53. The van der Waals surface area contributed by atoms with Gasteiger partial charge < -0.3 is 15.1 Å². The molecule has 2 aliphatic heterocycles. The van der Waals surface area contributed by atoms with Gasteiger partial charge in [0.2, 0.25) is 0 Å². The molecule has 1 aromatic carbocycles. The minimum Gasteiger partial charge on any atom is -0.389 e. The van der Waals surface area contributed by atoms with E-state index in [1.165, 1.54) is 5.56 Å². The second-order valence-corrected chi connectivity index (χ2v) is 12.6. The summed E-state index contributed by atoms with van der Waals surface area (Å²) in [6.07, 6.45) is 13.6. The zero-order valence-electron chi connectivity index (χ0n) is 23.0. The molecule has 2 aromatic rings. The Balaban J connectivity index is 1.22. The van der Waals surface area contributed by atoms with E-state index in [0.717, 1.165) is 83.1 Å². The number of aliphatic hydroxyl groups is 2. The van der Waals surface area contributed by atoms with Gasteiger partial charge in [-0.2, -0.15) is 0 Å². The van der Waals surface area contributed by atoms with Gasteiger partial charge in [0.25, 0.3) is 0 Å². The van der Waals surface area contributed by atoms with E-state index < -0.39 is 12.0 Å². The number of hydrogen-bond acceptors (Lipinski definition) is 8. The number of nitrogens with zero attached hydrogens (tertiary/aromatic N) is 6. The molecule has 0 radical (unpaired) electrons. The van der Waals surface area contributed by atoms with Crippen LogP contribution in [0.4, 0.5) is 5.69 Å². The first-order valence-electron chi connectivity index (χ1n) is 14.5. The van der Waals surface area contributed by atoms with Gasteiger partial charge in [0, 0.05) is 43.3 Å². The summed E-state index contributed by atoms with van der Waals surface area (Å²) in [5.74, 6) is 0. The van der Waals surface area contributed by atoms with Crippen molar-refractivity contribution in [3.8, 4) is 0 Å². The van der Waals surface area contributed by atoms with Crippen LogP contribution in [0.2, 0.25) is 0 Å². The third-order valence-corrected chi connectivity index (χ3v) is 10.4. The topological polar surface area (TPSA) is 79.2 Å². The Labute approximate surface area is 227 Å². The molecule has 2 N–H and O–H groups in total. The Morgan fingerprint density at radius 2 is 1.61 bits per heavy atom. The second kappa shape index (κ2) is 10.1. The largest absolute Gasteiger partial charge is 0.389 e. The van der Waals surface area contributed by atoms with Crippen molar-refractivity contribution in [3.63, 3.8) is 0 Å². The third kappa shape index (κ3) is 4.54. The maximum Gasteiger partial charge on any atom is 0.166 e. The summed E-state index contributed by atoms with van der Waals surface area (Å²) in [7, 11) is 4.42. The molecule has 6 rings (SSSR count). The molecule has 0 bridgehead atoms. The number of hydrogen-bond donors (Lipinski definition) is 2. The minimum absolute atomic E-state index is 0.00696. The van der Waals surface area contributed by atoms with Gasteiger partial charge in [0.15, 0.2) is 6.35 Å². The number of anilines is 1. The van der Waals surface area contributed by atoms with Crippen LogP contribution in [0.15, 0.2) is 49.1 Å². The van der Waals surface area contributed by atoms with E-state index in [4.69, 9.17) is 0 Å². The zero-order valence-corrected chi connectivity index (χ0v) is 23.0. The van der Waals surface area contributed by atoms with Gasteiger partial charge in [0.1, 0.15) is 6.33 Å². The predicted molar refractivity (Wildman–Crippen MR) is 148 cm³/mol. The summed E-state index contributed by atoms with van der Waals surface area (Å²) in [6.45, 7) is 3.33. The van der Waals surface area contributed by atoms with Crippen LogP contribution >= 0.6 is 0 Å². The molecule has 4 fully saturated rings. The fraction of sp³-hybridized carbons (Fsp3) is 0.667. The number of aromatic nitrogens is 2. The zero-order chi connectivity index (χ0) is 26.4. The molecule has 38 heavy (non-hydrogen) atoms. The number of rotatable bonds is 6. The molecule has 206 valence electrons. The summed E-state index contributed by atoms with van der Waals surface area (Å²) in [4.78, 5) is 17.8. The Bertz CT molecular complexity index is 1060. The predicted octanol–water partition coefficient (Wildman–Crippen LogP) is 3.02. The Morgan fingerprint density at radius 1 is 0.947 bits per heavy atom.